The second-order valence-corrected chi connectivity index (χ2v) is 6.26. The lowest BCUT2D eigenvalue weighted by Gasteiger charge is -2.25. The SMILES string of the molecule is NC[C@@H]1CCCN1c1ccc(C(F)(F)F)c(-c2n[nH]c3ncccc23)n1. The highest BCUT2D eigenvalue weighted by Gasteiger charge is 2.36. The Morgan fingerprint density at radius 1 is 1.23 bits per heavy atom. The predicted molar refractivity (Wildman–Crippen MR) is 91.5 cm³/mol. The van der Waals surface area contributed by atoms with Gasteiger partial charge in [-0.05, 0) is 37.1 Å². The zero-order chi connectivity index (χ0) is 18.3. The summed E-state index contributed by atoms with van der Waals surface area (Å²) in [6, 6.07) is 5.90. The third kappa shape index (κ3) is 2.78. The molecule has 1 aliphatic heterocycles. The molecule has 136 valence electrons. The van der Waals surface area contributed by atoms with Crippen molar-refractivity contribution in [1.82, 2.24) is 20.2 Å². The summed E-state index contributed by atoms with van der Waals surface area (Å²) in [6.45, 7) is 1.16. The zero-order valence-corrected chi connectivity index (χ0v) is 13.8. The van der Waals surface area contributed by atoms with Crippen LogP contribution in [0.2, 0.25) is 0 Å². The molecule has 9 heteroatoms. The Hall–Kier alpha value is -2.68. The first-order chi connectivity index (χ1) is 12.5. The molecule has 4 heterocycles. The fraction of sp³-hybridized carbons (Fsp3) is 0.353. The molecule has 0 radical (unpaired) electrons. The molecule has 0 amide bonds. The fourth-order valence-electron chi connectivity index (χ4n) is 3.44. The highest BCUT2D eigenvalue weighted by Crippen LogP contribution is 2.39. The van der Waals surface area contributed by atoms with Crippen LogP contribution in [0.5, 0.6) is 0 Å². The van der Waals surface area contributed by atoms with Crippen molar-refractivity contribution in [2.24, 2.45) is 5.73 Å². The van der Waals surface area contributed by atoms with Crippen molar-refractivity contribution in [3.8, 4) is 11.4 Å². The molecule has 0 bridgehead atoms. The lowest BCUT2D eigenvalue weighted by atomic mass is 10.1. The molecule has 3 aromatic rings. The van der Waals surface area contributed by atoms with Crippen LogP contribution in [0, 0.1) is 0 Å². The van der Waals surface area contributed by atoms with Crippen LogP contribution in [0.1, 0.15) is 18.4 Å². The molecule has 1 atom stereocenters. The number of halogens is 3. The monoisotopic (exact) mass is 362 g/mol. The van der Waals surface area contributed by atoms with Gasteiger partial charge in [-0.15, -0.1) is 0 Å². The van der Waals surface area contributed by atoms with Crippen LogP contribution < -0.4 is 10.6 Å². The molecule has 0 saturated carbocycles. The van der Waals surface area contributed by atoms with Crippen LogP contribution in [0.3, 0.4) is 0 Å². The quantitative estimate of drug-likeness (QED) is 0.748. The van der Waals surface area contributed by atoms with Crippen LogP contribution in [0.15, 0.2) is 30.5 Å². The van der Waals surface area contributed by atoms with Gasteiger partial charge >= 0.3 is 6.18 Å². The average Bonchev–Trinajstić information content (AvgIpc) is 3.27. The maximum absolute atomic E-state index is 13.6. The van der Waals surface area contributed by atoms with Crippen molar-refractivity contribution in [2.75, 3.05) is 18.0 Å². The molecule has 0 spiro atoms. The molecule has 1 saturated heterocycles. The van der Waals surface area contributed by atoms with Crippen LogP contribution in [0.25, 0.3) is 22.4 Å². The van der Waals surface area contributed by atoms with Gasteiger partial charge in [-0.1, -0.05) is 0 Å². The highest BCUT2D eigenvalue weighted by molar-refractivity contribution is 5.90. The summed E-state index contributed by atoms with van der Waals surface area (Å²) in [4.78, 5) is 10.4. The minimum Gasteiger partial charge on any atom is -0.352 e. The van der Waals surface area contributed by atoms with Crippen LogP contribution in [-0.4, -0.2) is 39.3 Å². The van der Waals surface area contributed by atoms with Crippen molar-refractivity contribution in [1.29, 1.82) is 0 Å². The van der Waals surface area contributed by atoms with Gasteiger partial charge in [0.2, 0.25) is 0 Å². The van der Waals surface area contributed by atoms with E-state index in [1.807, 2.05) is 4.90 Å². The molecule has 3 N–H and O–H groups in total. The third-order valence-electron chi connectivity index (χ3n) is 4.69. The van der Waals surface area contributed by atoms with Crippen LogP contribution in [0.4, 0.5) is 19.0 Å². The van der Waals surface area contributed by atoms with E-state index in [0.717, 1.165) is 25.5 Å². The smallest absolute Gasteiger partial charge is 0.352 e. The van der Waals surface area contributed by atoms with E-state index in [1.165, 1.54) is 6.07 Å². The Morgan fingerprint density at radius 3 is 2.85 bits per heavy atom. The molecule has 0 aliphatic carbocycles. The second kappa shape index (κ2) is 6.24. The molecule has 0 aromatic carbocycles. The maximum Gasteiger partial charge on any atom is 0.418 e. The average molecular weight is 362 g/mol. The van der Waals surface area contributed by atoms with E-state index in [0.29, 0.717) is 23.4 Å². The molecular formula is C17H17F3N6. The van der Waals surface area contributed by atoms with Crippen molar-refractivity contribution in [3.05, 3.63) is 36.0 Å². The van der Waals surface area contributed by atoms with E-state index in [4.69, 9.17) is 5.73 Å². The summed E-state index contributed by atoms with van der Waals surface area (Å²) in [7, 11) is 0. The lowest BCUT2D eigenvalue weighted by Crippen LogP contribution is -2.36. The Kier molecular flexibility index (Phi) is 4.03. The van der Waals surface area contributed by atoms with E-state index in [1.54, 1.807) is 18.3 Å². The summed E-state index contributed by atoms with van der Waals surface area (Å²) in [6.07, 6.45) is -1.14. The molecule has 4 rings (SSSR count). The summed E-state index contributed by atoms with van der Waals surface area (Å²) in [5, 5.41) is 7.23. The summed E-state index contributed by atoms with van der Waals surface area (Å²) in [5.41, 5.74) is 5.34. The number of pyridine rings is 2. The highest BCUT2D eigenvalue weighted by atomic mass is 19.4. The molecule has 1 fully saturated rings. The molecule has 1 aliphatic rings. The third-order valence-corrected chi connectivity index (χ3v) is 4.69. The van der Waals surface area contributed by atoms with Gasteiger partial charge in [0, 0.05) is 30.7 Å². The van der Waals surface area contributed by atoms with E-state index in [2.05, 4.69) is 20.2 Å². The Balaban J connectivity index is 1.89. The van der Waals surface area contributed by atoms with E-state index >= 15 is 0 Å². The number of fused-ring (bicyclic) bond motifs is 1. The van der Waals surface area contributed by atoms with Crippen LogP contribution in [-0.2, 0) is 6.18 Å². The summed E-state index contributed by atoms with van der Waals surface area (Å²) < 4.78 is 40.7. The largest absolute Gasteiger partial charge is 0.418 e. The van der Waals surface area contributed by atoms with Crippen molar-refractivity contribution < 1.29 is 13.2 Å². The number of rotatable bonds is 3. The molecular weight excluding hydrogens is 345 g/mol. The number of nitrogens with two attached hydrogens (primary N) is 1. The van der Waals surface area contributed by atoms with Gasteiger partial charge in [0.1, 0.15) is 17.2 Å². The van der Waals surface area contributed by atoms with Gasteiger partial charge in [-0.25, -0.2) is 9.97 Å². The number of nitrogens with one attached hydrogen (secondary N) is 1. The fourth-order valence-corrected chi connectivity index (χ4v) is 3.44. The minimum absolute atomic E-state index is 0.0877. The van der Waals surface area contributed by atoms with Gasteiger partial charge in [0.15, 0.2) is 5.65 Å². The minimum atomic E-state index is -4.54. The van der Waals surface area contributed by atoms with Gasteiger partial charge in [-0.3, -0.25) is 5.10 Å². The number of H-pyrrole nitrogens is 1. The topological polar surface area (TPSA) is 83.7 Å². The van der Waals surface area contributed by atoms with Crippen molar-refractivity contribution in [2.45, 2.75) is 25.1 Å². The zero-order valence-electron chi connectivity index (χ0n) is 13.8. The summed E-state index contributed by atoms with van der Waals surface area (Å²) in [5.74, 6) is 0.487. The van der Waals surface area contributed by atoms with E-state index < -0.39 is 11.7 Å². The number of hydrogen-bond donors (Lipinski definition) is 2. The first-order valence-corrected chi connectivity index (χ1v) is 8.33. The Bertz CT molecular complexity index is 936. The number of aromatic nitrogens is 4. The number of alkyl halides is 3. The normalized spacial score (nSPS) is 18.0. The van der Waals surface area contributed by atoms with Crippen molar-refractivity contribution >= 4 is 16.9 Å². The first kappa shape index (κ1) is 16.8. The van der Waals surface area contributed by atoms with E-state index in [-0.39, 0.29) is 17.4 Å². The molecule has 6 nitrogen and oxygen atoms in total. The molecule has 3 aromatic heterocycles. The number of hydrogen-bond acceptors (Lipinski definition) is 5. The van der Waals surface area contributed by atoms with Gasteiger partial charge in [-0.2, -0.15) is 18.3 Å². The molecule has 26 heavy (non-hydrogen) atoms. The van der Waals surface area contributed by atoms with E-state index in [9.17, 15) is 13.2 Å². The molecule has 0 unspecified atom stereocenters. The number of aromatic amines is 1. The first-order valence-electron chi connectivity index (χ1n) is 8.33. The Morgan fingerprint density at radius 2 is 2.08 bits per heavy atom. The number of nitrogens with zero attached hydrogens (tertiary/aromatic N) is 4. The maximum atomic E-state index is 13.6. The standard InChI is InChI=1S/C17H17F3N6/c18-17(19,20)12-5-6-13(26-8-2-3-10(26)9-21)23-15(12)14-11-4-1-7-22-16(11)25-24-14/h1,4-7,10H,2-3,8-9,21H2,(H,22,24,25)/t10-/m0/s1. The van der Waals surface area contributed by atoms with Gasteiger partial charge < -0.3 is 10.6 Å². The van der Waals surface area contributed by atoms with Crippen molar-refractivity contribution in [3.63, 3.8) is 0 Å². The van der Waals surface area contributed by atoms with Crippen LogP contribution >= 0.6 is 0 Å². The lowest BCUT2D eigenvalue weighted by molar-refractivity contribution is -0.137. The summed E-state index contributed by atoms with van der Waals surface area (Å²) >= 11 is 0. The van der Waals surface area contributed by atoms with Gasteiger partial charge in [0.25, 0.3) is 0 Å². The van der Waals surface area contributed by atoms with Gasteiger partial charge in [0.05, 0.1) is 5.56 Å². The predicted octanol–water partition coefficient (Wildman–Crippen LogP) is 2.97. The second-order valence-electron chi connectivity index (χ2n) is 6.26. The number of anilines is 1. The Labute approximate surface area is 147 Å².